The summed E-state index contributed by atoms with van der Waals surface area (Å²) < 4.78 is 5.76. The molecular formula is C23H39NO. The van der Waals surface area contributed by atoms with Crippen LogP contribution in [-0.2, 0) is 4.74 Å². The van der Waals surface area contributed by atoms with Crippen LogP contribution in [0, 0.1) is 0 Å². The van der Waals surface area contributed by atoms with Crippen LogP contribution in [0.15, 0.2) is 36.4 Å². The molecule has 142 valence electrons. The zero-order valence-electron chi connectivity index (χ0n) is 16.5. The number of hydrogen-bond acceptors (Lipinski definition) is 2. The van der Waals surface area contributed by atoms with E-state index in [9.17, 15) is 0 Å². The van der Waals surface area contributed by atoms with Crippen molar-refractivity contribution in [3.8, 4) is 0 Å². The van der Waals surface area contributed by atoms with E-state index in [2.05, 4.69) is 48.7 Å². The van der Waals surface area contributed by atoms with Crippen molar-refractivity contribution in [2.75, 3.05) is 13.2 Å². The number of rotatable bonds is 16. The van der Waals surface area contributed by atoms with Crippen LogP contribution in [0.1, 0.15) is 83.6 Å². The van der Waals surface area contributed by atoms with Crippen LogP contribution in [-0.4, -0.2) is 19.4 Å². The van der Waals surface area contributed by atoms with E-state index in [-0.39, 0.29) is 6.23 Å². The van der Waals surface area contributed by atoms with Crippen molar-refractivity contribution in [1.29, 1.82) is 0 Å². The lowest BCUT2D eigenvalue weighted by atomic mass is 10.1. The van der Waals surface area contributed by atoms with Gasteiger partial charge in [-0.2, -0.15) is 0 Å². The van der Waals surface area contributed by atoms with Crippen molar-refractivity contribution >= 4 is 6.08 Å². The van der Waals surface area contributed by atoms with Crippen molar-refractivity contribution in [2.24, 2.45) is 0 Å². The Hall–Kier alpha value is -1.12. The van der Waals surface area contributed by atoms with Crippen LogP contribution >= 0.6 is 0 Å². The van der Waals surface area contributed by atoms with Crippen LogP contribution in [0.2, 0.25) is 0 Å². The molecule has 1 unspecified atom stereocenters. The SMILES string of the molecule is CCCCCCCCCCCCNC(C=Cc1ccccc1)OCC. The summed E-state index contributed by atoms with van der Waals surface area (Å²) in [6.45, 7) is 6.09. The Balaban J connectivity index is 2.04. The molecule has 0 aliphatic rings. The number of ether oxygens (including phenoxy) is 1. The molecule has 1 aromatic rings. The summed E-state index contributed by atoms with van der Waals surface area (Å²) in [5, 5.41) is 3.51. The largest absolute Gasteiger partial charge is 0.360 e. The molecule has 0 aliphatic heterocycles. The smallest absolute Gasteiger partial charge is 0.127 e. The summed E-state index contributed by atoms with van der Waals surface area (Å²) in [5.74, 6) is 0. The van der Waals surface area contributed by atoms with E-state index >= 15 is 0 Å². The van der Waals surface area contributed by atoms with Gasteiger partial charge in [-0.25, -0.2) is 0 Å². The predicted octanol–water partition coefficient (Wildman–Crippen LogP) is 6.57. The van der Waals surface area contributed by atoms with Crippen molar-refractivity contribution in [3.05, 3.63) is 42.0 Å². The van der Waals surface area contributed by atoms with Crippen molar-refractivity contribution in [2.45, 2.75) is 84.3 Å². The van der Waals surface area contributed by atoms with Gasteiger partial charge >= 0.3 is 0 Å². The Morgan fingerprint density at radius 2 is 1.44 bits per heavy atom. The number of nitrogens with one attached hydrogen (secondary N) is 1. The van der Waals surface area contributed by atoms with Gasteiger partial charge in [0.1, 0.15) is 6.23 Å². The second-order valence-corrected chi connectivity index (χ2v) is 6.78. The van der Waals surface area contributed by atoms with Crippen LogP contribution in [0.5, 0.6) is 0 Å². The molecule has 0 saturated carbocycles. The van der Waals surface area contributed by atoms with E-state index in [1.54, 1.807) is 0 Å². The molecule has 1 atom stereocenters. The summed E-state index contributed by atoms with van der Waals surface area (Å²) in [4.78, 5) is 0. The summed E-state index contributed by atoms with van der Waals surface area (Å²) >= 11 is 0. The highest BCUT2D eigenvalue weighted by Crippen LogP contribution is 2.10. The van der Waals surface area contributed by atoms with Crippen molar-refractivity contribution < 1.29 is 4.74 Å². The quantitative estimate of drug-likeness (QED) is 0.270. The standard InChI is InChI=1S/C23H39NO/c1-3-5-6-7-8-9-10-11-12-16-21-24-23(25-4-2)20-19-22-17-14-13-15-18-22/h13-15,17-20,23-24H,3-12,16,21H2,1-2H3. The maximum atomic E-state index is 5.76. The van der Waals surface area contributed by atoms with Gasteiger partial charge < -0.3 is 4.74 Å². The van der Waals surface area contributed by atoms with E-state index in [4.69, 9.17) is 4.74 Å². The third-order valence-electron chi connectivity index (χ3n) is 4.49. The Morgan fingerprint density at radius 3 is 2.04 bits per heavy atom. The van der Waals surface area contributed by atoms with E-state index < -0.39 is 0 Å². The summed E-state index contributed by atoms with van der Waals surface area (Å²) in [7, 11) is 0. The fourth-order valence-corrected chi connectivity index (χ4v) is 2.98. The molecule has 0 aliphatic carbocycles. The Labute approximate surface area is 156 Å². The van der Waals surface area contributed by atoms with Gasteiger partial charge in [-0.1, -0.05) is 101 Å². The minimum absolute atomic E-state index is 0.0174. The monoisotopic (exact) mass is 345 g/mol. The van der Waals surface area contributed by atoms with Crippen LogP contribution in [0.25, 0.3) is 6.08 Å². The van der Waals surface area contributed by atoms with Crippen molar-refractivity contribution in [1.82, 2.24) is 5.32 Å². The second-order valence-electron chi connectivity index (χ2n) is 6.78. The van der Waals surface area contributed by atoms with Gasteiger partial charge in [-0.15, -0.1) is 0 Å². The third-order valence-corrected chi connectivity index (χ3v) is 4.49. The molecule has 0 aromatic heterocycles. The lowest BCUT2D eigenvalue weighted by molar-refractivity contribution is 0.0727. The topological polar surface area (TPSA) is 21.3 Å². The molecule has 1 aromatic carbocycles. The molecule has 1 N–H and O–H groups in total. The van der Waals surface area contributed by atoms with Crippen molar-refractivity contribution in [3.63, 3.8) is 0 Å². The molecule has 0 amide bonds. The van der Waals surface area contributed by atoms with Gasteiger partial charge in [0.15, 0.2) is 0 Å². The number of hydrogen-bond donors (Lipinski definition) is 1. The molecular weight excluding hydrogens is 306 g/mol. The molecule has 0 heterocycles. The highest BCUT2D eigenvalue weighted by molar-refractivity contribution is 5.49. The first-order valence-corrected chi connectivity index (χ1v) is 10.4. The minimum atomic E-state index is 0.0174. The average Bonchev–Trinajstić information content (AvgIpc) is 2.65. The third kappa shape index (κ3) is 12.8. The van der Waals surface area contributed by atoms with E-state index in [1.165, 1.54) is 69.8 Å². The fourth-order valence-electron chi connectivity index (χ4n) is 2.98. The van der Waals surface area contributed by atoms with Gasteiger partial charge in [0, 0.05) is 6.61 Å². The molecule has 2 nitrogen and oxygen atoms in total. The Bertz CT molecular complexity index is 415. The van der Waals surface area contributed by atoms with Gasteiger partial charge in [0.05, 0.1) is 0 Å². The molecule has 1 rings (SSSR count). The zero-order chi connectivity index (χ0) is 18.0. The molecule has 2 heteroatoms. The van der Waals surface area contributed by atoms with Gasteiger partial charge in [0.25, 0.3) is 0 Å². The first-order valence-electron chi connectivity index (χ1n) is 10.4. The predicted molar refractivity (Wildman–Crippen MR) is 111 cm³/mol. The van der Waals surface area contributed by atoms with Gasteiger partial charge in [-0.3, -0.25) is 5.32 Å². The second kappa shape index (κ2) is 16.4. The fraction of sp³-hybridized carbons (Fsp3) is 0.652. The molecule has 0 radical (unpaired) electrons. The lowest BCUT2D eigenvalue weighted by Gasteiger charge is -2.15. The Morgan fingerprint density at radius 1 is 0.840 bits per heavy atom. The minimum Gasteiger partial charge on any atom is -0.360 e. The van der Waals surface area contributed by atoms with E-state index in [0.29, 0.717) is 0 Å². The van der Waals surface area contributed by atoms with Gasteiger partial charge in [-0.05, 0) is 31.5 Å². The summed E-state index contributed by atoms with van der Waals surface area (Å²) in [6.07, 6.45) is 18.0. The molecule has 25 heavy (non-hydrogen) atoms. The maximum Gasteiger partial charge on any atom is 0.127 e. The number of unbranched alkanes of at least 4 members (excludes halogenated alkanes) is 9. The van der Waals surface area contributed by atoms with E-state index in [1.807, 2.05) is 13.0 Å². The summed E-state index contributed by atoms with van der Waals surface area (Å²) in [6, 6.07) is 10.4. The zero-order valence-corrected chi connectivity index (χ0v) is 16.5. The van der Waals surface area contributed by atoms with Crippen LogP contribution < -0.4 is 5.32 Å². The molecule has 0 bridgehead atoms. The average molecular weight is 346 g/mol. The summed E-state index contributed by atoms with van der Waals surface area (Å²) in [5.41, 5.74) is 1.22. The van der Waals surface area contributed by atoms with Gasteiger partial charge in [0.2, 0.25) is 0 Å². The first-order chi connectivity index (χ1) is 12.4. The lowest BCUT2D eigenvalue weighted by Crippen LogP contribution is -2.30. The van der Waals surface area contributed by atoms with E-state index in [0.717, 1.165) is 13.2 Å². The molecule has 0 saturated heterocycles. The Kier molecular flexibility index (Phi) is 14.3. The molecule has 0 spiro atoms. The maximum absolute atomic E-state index is 5.76. The highest BCUT2D eigenvalue weighted by atomic mass is 16.5. The first kappa shape index (κ1) is 21.9. The normalized spacial score (nSPS) is 12.7. The molecule has 0 fully saturated rings. The van der Waals surface area contributed by atoms with Crippen LogP contribution in [0.3, 0.4) is 0 Å². The highest BCUT2D eigenvalue weighted by Gasteiger charge is 2.02. The van der Waals surface area contributed by atoms with Crippen LogP contribution in [0.4, 0.5) is 0 Å². The number of benzene rings is 1.